The second-order valence-corrected chi connectivity index (χ2v) is 6.02. The van der Waals surface area contributed by atoms with E-state index in [9.17, 15) is 4.79 Å². The van der Waals surface area contributed by atoms with Crippen molar-refractivity contribution in [2.45, 2.75) is 26.8 Å². The lowest BCUT2D eigenvalue weighted by Crippen LogP contribution is -2.18. The number of pyridine rings is 1. The van der Waals surface area contributed by atoms with Gasteiger partial charge in [-0.05, 0) is 54.4 Å². The molecule has 0 fully saturated rings. The van der Waals surface area contributed by atoms with Crippen molar-refractivity contribution >= 4 is 39.1 Å². The molecule has 0 aliphatic rings. The van der Waals surface area contributed by atoms with Crippen LogP contribution in [-0.2, 0) is 0 Å². The molecule has 2 aromatic heterocycles. The van der Waals surface area contributed by atoms with E-state index in [1.165, 1.54) is 0 Å². The predicted molar refractivity (Wildman–Crippen MR) is 84.5 cm³/mol. The van der Waals surface area contributed by atoms with Crippen LogP contribution in [0, 0.1) is 6.92 Å². The third-order valence-electron chi connectivity index (χ3n) is 2.88. The van der Waals surface area contributed by atoms with Crippen LogP contribution in [0.2, 0.25) is 5.02 Å². The van der Waals surface area contributed by atoms with Crippen LogP contribution in [0.1, 0.15) is 35.9 Å². The predicted octanol–water partition coefficient (Wildman–Crippen LogP) is 4.44. The summed E-state index contributed by atoms with van der Waals surface area (Å²) in [6, 6.07) is 3.68. The number of nitrogens with zero attached hydrogens (tertiary/aromatic N) is 2. The van der Waals surface area contributed by atoms with Gasteiger partial charge in [-0.25, -0.2) is 4.98 Å². The van der Waals surface area contributed by atoms with Crippen LogP contribution in [0.3, 0.4) is 0 Å². The molecule has 0 saturated heterocycles. The Bertz CT molecular complexity index is 652. The van der Waals surface area contributed by atoms with E-state index in [2.05, 4.69) is 26.2 Å². The van der Waals surface area contributed by atoms with E-state index in [0.29, 0.717) is 16.4 Å². The molecule has 0 aliphatic heterocycles. The van der Waals surface area contributed by atoms with Crippen molar-refractivity contribution in [3.63, 3.8) is 0 Å². The van der Waals surface area contributed by atoms with Crippen LogP contribution in [-0.4, -0.2) is 15.5 Å². The van der Waals surface area contributed by atoms with Gasteiger partial charge in [0.1, 0.15) is 10.3 Å². The first-order chi connectivity index (χ1) is 9.38. The fourth-order valence-corrected chi connectivity index (χ4v) is 2.30. The van der Waals surface area contributed by atoms with Crippen LogP contribution >= 0.6 is 27.5 Å². The Balaban J connectivity index is 2.26. The Hall–Kier alpha value is -1.33. The van der Waals surface area contributed by atoms with Gasteiger partial charge in [0, 0.05) is 12.2 Å². The highest BCUT2D eigenvalue weighted by molar-refractivity contribution is 9.10. The highest BCUT2D eigenvalue weighted by Gasteiger charge is 2.15. The van der Waals surface area contributed by atoms with Gasteiger partial charge in [0.05, 0.1) is 16.9 Å². The van der Waals surface area contributed by atoms with Gasteiger partial charge >= 0.3 is 0 Å². The molecule has 0 aliphatic carbocycles. The van der Waals surface area contributed by atoms with E-state index in [1.54, 1.807) is 18.5 Å². The molecule has 0 spiro atoms. The monoisotopic (exact) mass is 355 g/mol. The number of rotatable bonds is 3. The lowest BCUT2D eigenvalue weighted by atomic mass is 10.3. The van der Waals surface area contributed by atoms with Crippen LogP contribution in [0.25, 0.3) is 0 Å². The van der Waals surface area contributed by atoms with Crippen molar-refractivity contribution in [2.75, 3.05) is 5.32 Å². The summed E-state index contributed by atoms with van der Waals surface area (Å²) in [7, 11) is 0. The van der Waals surface area contributed by atoms with Gasteiger partial charge < -0.3 is 9.88 Å². The molecule has 0 radical (unpaired) electrons. The van der Waals surface area contributed by atoms with Gasteiger partial charge in [0.2, 0.25) is 0 Å². The van der Waals surface area contributed by atoms with Crippen molar-refractivity contribution in [3.8, 4) is 0 Å². The molecule has 1 N–H and O–H groups in total. The van der Waals surface area contributed by atoms with E-state index in [0.717, 1.165) is 10.2 Å². The molecule has 0 saturated carbocycles. The summed E-state index contributed by atoms with van der Waals surface area (Å²) in [5.74, 6) is -0.200. The molecular weight excluding hydrogens is 342 g/mol. The zero-order chi connectivity index (χ0) is 14.9. The average Bonchev–Trinajstić information content (AvgIpc) is 2.76. The number of amides is 1. The molecule has 0 aromatic carbocycles. The van der Waals surface area contributed by atoms with Crippen molar-refractivity contribution < 1.29 is 4.79 Å². The van der Waals surface area contributed by atoms with Crippen molar-refractivity contribution in [3.05, 3.63) is 45.4 Å². The summed E-state index contributed by atoms with van der Waals surface area (Å²) in [4.78, 5) is 16.5. The molecule has 20 heavy (non-hydrogen) atoms. The number of carbonyl (C=O) groups excluding carboxylic acids is 1. The van der Waals surface area contributed by atoms with Gasteiger partial charge in [0.15, 0.2) is 0 Å². The third-order valence-corrected chi connectivity index (χ3v) is 3.91. The number of aromatic nitrogens is 2. The van der Waals surface area contributed by atoms with Gasteiger partial charge in [-0.15, -0.1) is 0 Å². The summed E-state index contributed by atoms with van der Waals surface area (Å²) >= 11 is 9.31. The molecular formula is C14H15BrClN3O. The quantitative estimate of drug-likeness (QED) is 0.826. The van der Waals surface area contributed by atoms with Crippen LogP contribution in [0.5, 0.6) is 0 Å². The van der Waals surface area contributed by atoms with E-state index in [-0.39, 0.29) is 11.9 Å². The maximum atomic E-state index is 12.3. The smallest absolute Gasteiger partial charge is 0.272 e. The van der Waals surface area contributed by atoms with Crippen molar-refractivity contribution in [2.24, 2.45) is 0 Å². The van der Waals surface area contributed by atoms with Crippen molar-refractivity contribution in [1.82, 2.24) is 9.55 Å². The molecule has 2 heterocycles. The number of aryl methyl sites for hydroxylation is 1. The standard InChI is InChI=1S/C14H15BrClN3O/c1-8(2)19-7-10(16)5-12(19)14(20)18-11-4-9(3)13(15)17-6-11/h4-8H,1-3H3,(H,18,20). The first kappa shape index (κ1) is 15.1. The second kappa shape index (κ2) is 5.97. The van der Waals surface area contributed by atoms with Crippen molar-refractivity contribution in [1.29, 1.82) is 0 Å². The van der Waals surface area contributed by atoms with E-state index < -0.39 is 0 Å². The summed E-state index contributed by atoms with van der Waals surface area (Å²) < 4.78 is 2.61. The van der Waals surface area contributed by atoms with E-state index in [4.69, 9.17) is 11.6 Å². The molecule has 1 amide bonds. The minimum Gasteiger partial charge on any atom is -0.339 e. The lowest BCUT2D eigenvalue weighted by Gasteiger charge is -2.13. The number of hydrogen-bond donors (Lipinski definition) is 1. The topological polar surface area (TPSA) is 46.9 Å². The Labute approximate surface area is 131 Å². The van der Waals surface area contributed by atoms with Crippen LogP contribution < -0.4 is 5.32 Å². The Morgan fingerprint density at radius 1 is 1.45 bits per heavy atom. The number of nitrogens with one attached hydrogen (secondary N) is 1. The fourth-order valence-electron chi connectivity index (χ4n) is 1.88. The van der Waals surface area contributed by atoms with Gasteiger partial charge in [-0.3, -0.25) is 4.79 Å². The highest BCUT2D eigenvalue weighted by atomic mass is 79.9. The minimum absolute atomic E-state index is 0.160. The zero-order valence-electron chi connectivity index (χ0n) is 11.4. The maximum absolute atomic E-state index is 12.3. The number of carbonyl (C=O) groups is 1. The largest absolute Gasteiger partial charge is 0.339 e. The molecule has 2 rings (SSSR count). The number of anilines is 1. The first-order valence-corrected chi connectivity index (χ1v) is 7.36. The summed E-state index contributed by atoms with van der Waals surface area (Å²) in [5, 5.41) is 3.38. The summed E-state index contributed by atoms with van der Waals surface area (Å²) in [6.45, 7) is 5.91. The summed E-state index contributed by atoms with van der Waals surface area (Å²) in [5.41, 5.74) is 2.15. The average molecular weight is 357 g/mol. The molecule has 2 aromatic rings. The summed E-state index contributed by atoms with van der Waals surface area (Å²) in [6.07, 6.45) is 3.37. The normalized spacial score (nSPS) is 10.9. The van der Waals surface area contributed by atoms with Crippen LogP contribution in [0.4, 0.5) is 5.69 Å². The maximum Gasteiger partial charge on any atom is 0.272 e. The van der Waals surface area contributed by atoms with E-state index >= 15 is 0 Å². The Morgan fingerprint density at radius 2 is 2.15 bits per heavy atom. The van der Waals surface area contributed by atoms with E-state index in [1.807, 2.05) is 31.4 Å². The van der Waals surface area contributed by atoms with Gasteiger partial charge in [0.25, 0.3) is 5.91 Å². The molecule has 4 nitrogen and oxygen atoms in total. The van der Waals surface area contributed by atoms with Crippen LogP contribution in [0.15, 0.2) is 29.1 Å². The molecule has 0 bridgehead atoms. The van der Waals surface area contributed by atoms with Gasteiger partial charge in [-0.1, -0.05) is 11.6 Å². The number of halogens is 2. The second-order valence-electron chi connectivity index (χ2n) is 4.83. The molecule has 0 unspecified atom stereocenters. The molecule has 6 heteroatoms. The molecule has 106 valence electrons. The number of hydrogen-bond acceptors (Lipinski definition) is 2. The first-order valence-electron chi connectivity index (χ1n) is 6.19. The fraction of sp³-hybridized carbons (Fsp3) is 0.286. The third kappa shape index (κ3) is 3.22. The Morgan fingerprint density at radius 3 is 2.75 bits per heavy atom. The van der Waals surface area contributed by atoms with Gasteiger partial charge in [-0.2, -0.15) is 0 Å². The SMILES string of the molecule is Cc1cc(NC(=O)c2cc(Cl)cn2C(C)C)cnc1Br. The zero-order valence-corrected chi connectivity index (χ0v) is 13.8. The highest BCUT2D eigenvalue weighted by Crippen LogP contribution is 2.21. The molecule has 0 atom stereocenters. The Kier molecular flexibility index (Phi) is 4.50. The minimum atomic E-state index is -0.200. The lowest BCUT2D eigenvalue weighted by molar-refractivity contribution is 0.101.